The summed E-state index contributed by atoms with van der Waals surface area (Å²) < 4.78 is 51.1. The van der Waals surface area contributed by atoms with E-state index in [0.29, 0.717) is 24.9 Å². The number of benzene rings is 1. The van der Waals surface area contributed by atoms with Gasteiger partial charge in [0.05, 0.1) is 18.2 Å². The number of halogens is 2. The number of carbonyl (C=O) groups excluding carboxylic acids is 1. The van der Waals surface area contributed by atoms with Crippen LogP contribution in [0.5, 0.6) is 0 Å². The van der Waals surface area contributed by atoms with Gasteiger partial charge in [-0.15, -0.1) is 0 Å². The number of nitrogens with zero attached hydrogens (tertiary/aromatic N) is 2. The monoisotopic (exact) mass is 360 g/mol. The van der Waals surface area contributed by atoms with Gasteiger partial charge in [0.2, 0.25) is 15.9 Å². The lowest BCUT2D eigenvalue weighted by atomic mass is 9.96. The predicted octanol–water partition coefficient (Wildman–Crippen LogP) is 2.16. The highest BCUT2D eigenvalue weighted by molar-refractivity contribution is 7.88. The first-order chi connectivity index (χ1) is 11.1. The molecule has 1 saturated heterocycles. The van der Waals surface area contributed by atoms with E-state index in [-0.39, 0.29) is 12.5 Å². The smallest absolute Gasteiger partial charge is 0.227 e. The minimum Gasteiger partial charge on any atom is -0.339 e. The van der Waals surface area contributed by atoms with E-state index in [1.165, 1.54) is 15.3 Å². The second-order valence-electron chi connectivity index (χ2n) is 6.26. The molecule has 0 aromatic heterocycles. The maximum atomic E-state index is 13.4. The number of piperidine rings is 1. The Morgan fingerprint density at radius 3 is 2.58 bits per heavy atom. The molecule has 134 valence electrons. The molecule has 1 heterocycles. The van der Waals surface area contributed by atoms with Crippen molar-refractivity contribution in [2.24, 2.45) is 5.92 Å². The largest absolute Gasteiger partial charge is 0.339 e. The summed E-state index contributed by atoms with van der Waals surface area (Å²) in [6, 6.07) is 3.11. The van der Waals surface area contributed by atoms with Crippen LogP contribution in [0.4, 0.5) is 8.78 Å². The van der Waals surface area contributed by atoms with Crippen molar-refractivity contribution in [1.29, 1.82) is 0 Å². The van der Waals surface area contributed by atoms with E-state index in [4.69, 9.17) is 0 Å². The van der Waals surface area contributed by atoms with Crippen LogP contribution < -0.4 is 0 Å². The van der Waals surface area contributed by atoms with Crippen LogP contribution in [-0.4, -0.2) is 49.9 Å². The Hall–Kier alpha value is -1.54. The first-order valence-electron chi connectivity index (χ1n) is 7.78. The highest BCUT2D eigenvalue weighted by atomic mass is 32.2. The normalized spacial score (nSPS) is 20.6. The molecule has 1 aliphatic heterocycles. The van der Waals surface area contributed by atoms with Crippen LogP contribution in [0.1, 0.15) is 31.4 Å². The number of carbonyl (C=O) groups is 1. The molecule has 0 radical (unpaired) electrons. The van der Waals surface area contributed by atoms with Gasteiger partial charge in [-0.3, -0.25) is 4.79 Å². The average molecular weight is 360 g/mol. The Balaban J connectivity index is 2.11. The first kappa shape index (κ1) is 18.8. The average Bonchev–Trinajstić information content (AvgIpc) is 2.54. The van der Waals surface area contributed by atoms with Crippen molar-refractivity contribution >= 4 is 15.9 Å². The lowest BCUT2D eigenvalue weighted by molar-refractivity contribution is -0.137. The minimum atomic E-state index is -3.33. The van der Waals surface area contributed by atoms with E-state index in [0.717, 1.165) is 18.4 Å². The molecule has 2 atom stereocenters. The molecular weight excluding hydrogens is 338 g/mol. The minimum absolute atomic E-state index is 0.159. The van der Waals surface area contributed by atoms with Gasteiger partial charge < -0.3 is 4.90 Å². The second-order valence-corrected chi connectivity index (χ2v) is 8.24. The second kappa shape index (κ2) is 7.14. The Kier molecular flexibility index (Phi) is 5.59. The van der Waals surface area contributed by atoms with Gasteiger partial charge in [0.15, 0.2) is 11.6 Å². The third-order valence-electron chi connectivity index (χ3n) is 4.56. The highest BCUT2D eigenvalue weighted by Gasteiger charge is 2.33. The Labute approximate surface area is 141 Å². The molecule has 0 N–H and O–H groups in total. The van der Waals surface area contributed by atoms with Crippen molar-refractivity contribution < 1.29 is 22.0 Å². The predicted molar refractivity (Wildman–Crippen MR) is 86.7 cm³/mol. The van der Waals surface area contributed by atoms with Crippen LogP contribution in [0, 0.1) is 17.6 Å². The summed E-state index contributed by atoms with van der Waals surface area (Å²) in [5.41, 5.74) is 0.487. The Bertz CT molecular complexity index is 724. The van der Waals surface area contributed by atoms with E-state index in [2.05, 4.69) is 0 Å². The van der Waals surface area contributed by atoms with Crippen LogP contribution in [0.15, 0.2) is 18.2 Å². The molecule has 5 nitrogen and oxygen atoms in total. The molecule has 1 aliphatic rings. The summed E-state index contributed by atoms with van der Waals surface area (Å²) in [5.74, 6) is -2.51. The Morgan fingerprint density at radius 2 is 2.00 bits per heavy atom. The number of hydrogen-bond acceptors (Lipinski definition) is 3. The van der Waals surface area contributed by atoms with E-state index < -0.39 is 33.6 Å². The first-order valence-corrected chi connectivity index (χ1v) is 9.63. The molecule has 0 bridgehead atoms. The SMILES string of the molecule is CC(c1ccc(F)c(F)c1)N(C)C(=O)C1CCCN(S(C)(=O)=O)C1. The van der Waals surface area contributed by atoms with Crippen LogP contribution >= 0.6 is 0 Å². The summed E-state index contributed by atoms with van der Waals surface area (Å²) >= 11 is 0. The summed E-state index contributed by atoms with van der Waals surface area (Å²) in [6.45, 7) is 2.30. The maximum Gasteiger partial charge on any atom is 0.227 e. The molecule has 1 aromatic rings. The zero-order chi connectivity index (χ0) is 18.1. The number of sulfonamides is 1. The van der Waals surface area contributed by atoms with E-state index in [1.807, 2.05) is 0 Å². The lowest BCUT2D eigenvalue weighted by Crippen LogP contribution is -2.46. The van der Waals surface area contributed by atoms with E-state index in [9.17, 15) is 22.0 Å². The van der Waals surface area contributed by atoms with Crippen molar-refractivity contribution in [3.05, 3.63) is 35.4 Å². The van der Waals surface area contributed by atoms with Gasteiger partial charge in [0.1, 0.15) is 0 Å². The van der Waals surface area contributed by atoms with Crippen molar-refractivity contribution in [1.82, 2.24) is 9.21 Å². The van der Waals surface area contributed by atoms with Gasteiger partial charge >= 0.3 is 0 Å². The molecule has 1 amide bonds. The fourth-order valence-electron chi connectivity index (χ4n) is 2.92. The lowest BCUT2D eigenvalue weighted by Gasteiger charge is -2.34. The third kappa shape index (κ3) is 4.10. The van der Waals surface area contributed by atoms with Crippen molar-refractivity contribution in [2.75, 3.05) is 26.4 Å². The van der Waals surface area contributed by atoms with Gasteiger partial charge in [-0.25, -0.2) is 21.5 Å². The molecule has 2 unspecified atom stereocenters. The van der Waals surface area contributed by atoms with Crippen LogP contribution in [0.2, 0.25) is 0 Å². The van der Waals surface area contributed by atoms with Gasteiger partial charge in [-0.1, -0.05) is 6.07 Å². The van der Waals surface area contributed by atoms with Crippen molar-refractivity contribution in [2.45, 2.75) is 25.8 Å². The molecule has 1 aromatic carbocycles. The summed E-state index contributed by atoms with van der Waals surface area (Å²) in [6.07, 6.45) is 2.37. The Morgan fingerprint density at radius 1 is 1.33 bits per heavy atom. The zero-order valence-corrected chi connectivity index (χ0v) is 14.8. The third-order valence-corrected chi connectivity index (χ3v) is 5.83. The van der Waals surface area contributed by atoms with E-state index >= 15 is 0 Å². The number of hydrogen-bond donors (Lipinski definition) is 0. The fraction of sp³-hybridized carbons (Fsp3) is 0.562. The zero-order valence-electron chi connectivity index (χ0n) is 14.0. The molecular formula is C16H22F2N2O3S. The summed E-state index contributed by atoms with van der Waals surface area (Å²) in [7, 11) is -1.74. The van der Waals surface area contributed by atoms with Crippen molar-refractivity contribution in [3.8, 4) is 0 Å². The van der Waals surface area contributed by atoms with Crippen LogP contribution in [0.25, 0.3) is 0 Å². The van der Waals surface area contributed by atoms with Gasteiger partial charge in [-0.2, -0.15) is 0 Å². The van der Waals surface area contributed by atoms with Crippen molar-refractivity contribution in [3.63, 3.8) is 0 Å². The quantitative estimate of drug-likeness (QED) is 0.827. The number of amides is 1. The molecule has 0 spiro atoms. The molecule has 0 aliphatic carbocycles. The fourth-order valence-corrected chi connectivity index (χ4v) is 3.83. The summed E-state index contributed by atoms with van der Waals surface area (Å²) in [4.78, 5) is 14.1. The van der Waals surface area contributed by atoms with Gasteiger partial charge in [0, 0.05) is 20.1 Å². The van der Waals surface area contributed by atoms with E-state index in [1.54, 1.807) is 14.0 Å². The highest BCUT2D eigenvalue weighted by Crippen LogP contribution is 2.26. The van der Waals surface area contributed by atoms with Gasteiger partial charge in [0.25, 0.3) is 0 Å². The molecule has 8 heteroatoms. The summed E-state index contributed by atoms with van der Waals surface area (Å²) in [5, 5.41) is 0. The molecule has 24 heavy (non-hydrogen) atoms. The number of rotatable bonds is 4. The molecule has 0 saturated carbocycles. The van der Waals surface area contributed by atoms with Crippen LogP contribution in [-0.2, 0) is 14.8 Å². The molecule has 2 rings (SSSR count). The molecule has 1 fully saturated rings. The standard InChI is InChI=1S/C16H22F2N2O3S/c1-11(12-6-7-14(17)15(18)9-12)19(2)16(21)13-5-4-8-20(10-13)24(3,22)23/h6-7,9,11,13H,4-5,8,10H2,1-3H3. The van der Waals surface area contributed by atoms with Gasteiger partial charge in [-0.05, 0) is 37.5 Å². The maximum absolute atomic E-state index is 13.4. The van der Waals surface area contributed by atoms with Crippen LogP contribution in [0.3, 0.4) is 0 Å². The topological polar surface area (TPSA) is 57.7 Å².